The van der Waals surface area contributed by atoms with E-state index >= 15 is 0 Å². The van der Waals surface area contributed by atoms with Crippen molar-refractivity contribution >= 4 is 16.3 Å². The summed E-state index contributed by atoms with van der Waals surface area (Å²) in [4.78, 5) is 13.2. The van der Waals surface area contributed by atoms with Crippen LogP contribution in [0.3, 0.4) is 0 Å². The van der Waals surface area contributed by atoms with Crippen LogP contribution in [0, 0.1) is 0 Å². The van der Waals surface area contributed by atoms with E-state index in [0.717, 1.165) is 44.9 Å². The maximum atomic E-state index is 13.2. The highest BCUT2D eigenvalue weighted by Gasteiger charge is 2.48. The molecule has 71 heavy (non-hydrogen) atoms. The lowest BCUT2D eigenvalue weighted by molar-refractivity contribution is -0.298. The van der Waals surface area contributed by atoms with Crippen molar-refractivity contribution in [3.8, 4) is 0 Å². The highest BCUT2D eigenvalue weighted by atomic mass is 32.3. The second-order valence-electron chi connectivity index (χ2n) is 20.4. The molecule has 0 aromatic rings. The molecule has 0 spiro atoms. The first kappa shape index (κ1) is 67.3. The van der Waals surface area contributed by atoms with E-state index in [-0.39, 0.29) is 6.42 Å². The first-order valence-corrected chi connectivity index (χ1v) is 30.3. The van der Waals surface area contributed by atoms with Crippen molar-refractivity contribution in [2.75, 3.05) is 13.2 Å². The van der Waals surface area contributed by atoms with Crippen LogP contribution in [-0.4, -0.2) is 107 Å². The summed E-state index contributed by atoms with van der Waals surface area (Å²) >= 11 is 0. The summed E-state index contributed by atoms with van der Waals surface area (Å²) in [5.74, 6) is -0.712. The summed E-state index contributed by atoms with van der Waals surface area (Å²) in [6.07, 6.45) is 46.5. The van der Waals surface area contributed by atoms with Gasteiger partial charge in [0, 0.05) is 0 Å². The Bertz CT molecular complexity index is 1410. The molecule has 0 bridgehead atoms. The molecular weight excluding hydrogens is 923 g/mol. The molecule has 1 amide bonds. The molecule has 1 fully saturated rings. The van der Waals surface area contributed by atoms with Gasteiger partial charge in [0.05, 0.1) is 25.4 Å². The van der Waals surface area contributed by atoms with E-state index in [0.29, 0.717) is 12.8 Å². The van der Waals surface area contributed by atoms with E-state index in [1.54, 1.807) is 6.08 Å². The first-order chi connectivity index (χ1) is 34.4. The molecule has 14 heteroatoms. The molecule has 7 N–H and O–H groups in total. The molecule has 1 heterocycles. The molecule has 418 valence electrons. The predicted molar refractivity (Wildman–Crippen MR) is 288 cm³/mol. The minimum Gasteiger partial charge on any atom is -0.394 e. The second-order valence-corrected chi connectivity index (χ2v) is 21.4. The number of aliphatic hydroxyl groups excluding tert-OH is 5. The van der Waals surface area contributed by atoms with Gasteiger partial charge in [0.15, 0.2) is 6.29 Å². The van der Waals surface area contributed by atoms with Gasteiger partial charge in [0.1, 0.15) is 30.5 Å². The van der Waals surface area contributed by atoms with Crippen molar-refractivity contribution in [1.82, 2.24) is 5.32 Å². The summed E-state index contributed by atoms with van der Waals surface area (Å²) in [6, 6.07) is -1.14. The number of unbranched alkanes of at least 4 members (excludes halogenated alkanes) is 33. The van der Waals surface area contributed by atoms with Gasteiger partial charge in [-0.15, -0.1) is 0 Å². The maximum absolute atomic E-state index is 13.2. The van der Waals surface area contributed by atoms with Crippen molar-refractivity contribution in [1.29, 1.82) is 0 Å². The van der Waals surface area contributed by atoms with Gasteiger partial charge in [-0.1, -0.05) is 249 Å². The third-order valence-corrected chi connectivity index (χ3v) is 14.2. The maximum Gasteiger partial charge on any atom is 0.397 e. The van der Waals surface area contributed by atoms with Crippen LogP contribution in [0.25, 0.3) is 0 Å². The van der Waals surface area contributed by atoms with Crippen LogP contribution in [0.1, 0.15) is 258 Å². The fourth-order valence-corrected chi connectivity index (χ4v) is 9.71. The van der Waals surface area contributed by atoms with Crippen molar-refractivity contribution in [2.45, 2.75) is 307 Å². The highest BCUT2D eigenvalue weighted by molar-refractivity contribution is 7.80. The van der Waals surface area contributed by atoms with Crippen LogP contribution in [0.15, 0.2) is 36.5 Å². The second kappa shape index (κ2) is 46.8. The lowest BCUT2D eigenvalue weighted by Crippen LogP contribution is -2.61. The zero-order valence-electron chi connectivity index (χ0n) is 44.9. The topological polar surface area (TPSA) is 212 Å². The minimum absolute atomic E-state index is 0.237. The van der Waals surface area contributed by atoms with E-state index in [9.17, 15) is 43.3 Å². The molecule has 1 saturated heterocycles. The third kappa shape index (κ3) is 38.5. The quantitative estimate of drug-likeness (QED) is 0.0172. The smallest absolute Gasteiger partial charge is 0.394 e. The number of ether oxygens (including phenoxy) is 2. The Balaban J connectivity index is 2.47. The summed E-state index contributed by atoms with van der Waals surface area (Å²) in [7, 11) is -5.13. The van der Waals surface area contributed by atoms with E-state index in [1.165, 1.54) is 186 Å². The number of allylic oxidation sites excluding steroid dienone is 5. The highest BCUT2D eigenvalue weighted by Crippen LogP contribution is 2.26. The third-order valence-electron chi connectivity index (χ3n) is 13.8. The van der Waals surface area contributed by atoms with Crippen molar-refractivity contribution < 1.29 is 57.0 Å². The summed E-state index contributed by atoms with van der Waals surface area (Å²) in [5, 5.41) is 55.5. The number of rotatable bonds is 50. The number of carbonyl (C=O) groups is 1. The molecule has 1 rings (SSSR count). The summed E-state index contributed by atoms with van der Waals surface area (Å²) < 4.78 is 47.7. The zero-order valence-corrected chi connectivity index (χ0v) is 45.7. The fourth-order valence-electron chi connectivity index (χ4n) is 9.20. The molecule has 1 aliphatic heterocycles. The Hall–Kier alpha value is -1.72. The largest absolute Gasteiger partial charge is 0.397 e. The van der Waals surface area contributed by atoms with Gasteiger partial charge in [-0.25, -0.2) is 4.18 Å². The van der Waals surface area contributed by atoms with Crippen LogP contribution in [0.4, 0.5) is 0 Å². The van der Waals surface area contributed by atoms with Crippen LogP contribution < -0.4 is 5.32 Å². The SMILES string of the molecule is CCCCCCCCCCCCC/C=C/CC/C=C/CC/C=C/C(O)C(COC1OC(CO)C(O)C(OS(=O)(=O)O)C1O)NC(=O)C(O)CCCCCCCCCCCCCCCCCCCCCCC. The van der Waals surface area contributed by atoms with Crippen molar-refractivity contribution in [2.24, 2.45) is 0 Å². The molecular formula is C57H107NO12S. The molecule has 0 radical (unpaired) electrons. The first-order valence-electron chi connectivity index (χ1n) is 29.0. The van der Waals surface area contributed by atoms with Gasteiger partial charge in [-0.3, -0.25) is 9.35 Å². The van der Waals surface area contributed by atoms with E-state index in [1.807, 2.05) is 0 Å². The summed E-state index contributed by atoms with van der Waals surface area (Å²) in [5.41, 5.74) is 0. The van der Waals surface area contributed by atoms with Crippen LogP contribution in [0.5, 0.6) is 0 Å². The standard InChI is InChI=1S/C57H107NO12S/c1-3-5-7-9-11-13-15-17-19-21-23-25-27-29-31-33-35-37-39-41-43-45-50(60)49(48-68-57-54(63)55(70-71(65,66)67)53(62)52(47-59)69-57)58-56(64)51(61)46-44-42-40-38-36-34-32-30-28-26-24-22-20-18-16-14-12-10-8-6-4-2/h27,29,35,37,43,45,49-55,57,59-63H,3-26,28,30-34,36,38-42,44,46-48H2,1-2H3,(H,58,64)(H,65,66,67)/b29-27+,37-35+,45-43+. The Morgan fingerprint density at radius 1 is 0.563 bits per heavy atom. The molecule has 8 atom stereocenters. The number of hydrogen-bond acceptors (Lipinski definition) is 11. The number of aliphatic hydroxyl groups is 5. The Labute approximate surface area is 433 Å². The van der Waals surface area contributed by atoms with Gasteiger partial charge in [-0.2, -0.15) is 8.42 Å². The Morgan fingerprint density at radius 2 is 0.944 bits per heavy atom. The van der Waals surface area contributed by atoms with E-state index < -0.39 is 78.5 Å². The molecule has 0 aliphatic carbocycles. The molecule has 0 saturated carbocycles. The predicted octanol–water partition coefficient (Wildman–Crippen LogP) is 12.4. The Morgan fingerprint density at radius 3 is 1.35 bits per heavy atom. The van der Waals surface area contributed by atoms with Crippen LogP contribution in [-0.2, 0) is 28.9 Å². The van der Waals surface area contributed by atoms with Gasteiger partial charge in [-0.05, 0) is 44.9 Å². The van der Waals surface area contributed by atoms with Gasteiger partial charge < -0.3 is 40.3 Å². The van der Waals surface area contributed by atoms with Crippen LogP contribution >= 0.6 is 0 Å². The average Bonchev–Trinajstić information content (AvgIpc) is 3.35. The van der Waals surface area contributed by atoms with Gasteiger partial charge in [0.25, 0.3) is 0 Å². The lowest BCUT2D eigenvalue weighted by atomic mass is 9.99. The molecule has 0 aromatic carbocycles. The average molecular weight is 1030 g/mol. The molecule has 1 aliphatic rings. The van der Waals surface area contributed by atoms with Gasteiger partial charge in [0.2, 0.25) is 5.91 Å². The number of carbonyl (C=O) groups excluding carboxylic acids is 1. The lowest BCUT2D eigenvalue weighted by Gasteiger charge is -2.41. The van der Waals surface area contributed by atoms with Crippen molar-refractivity contribution in [3.05, 3.63) is 36.5 Å². The number of hydrogen-bond donors (Lipinski definition) is 7. The normalized spacial score (nSPS) is 20.1. The van der Waals surface area contributed by atoms with E-state index in [2.05, 4.69) is 47.7 Å². The summed E-state index contributed by atoms with van der Waals surface area (Å²) in [6.45, 7) is 3.24. The van der Waals surface area contributed by atoms with E-state index in [4.69, 9.17) is 9.47 Å². The molecule has 13 nitrogen and oxygen atoms in total. The molecule has 8 unspecified atom stereocenters. The fraction of sp³-hybridized carbons (Fsp3) is 0.877. The van der Waals surface area contributed by atoms with Crippen LogP contribution in [0.2, 0.25) is 0 Å². The monoisotopic (exact) mass is 1030 g/mol. The number of amides is 1. The number of nitrogens with one attached hydrogen (secondary N) is 1. The Kier molecular flexibility index (Phi) is 44.3. The van der Waals surface area contributed by atoms with Crippen molar-refractivity contribution in [3.63, 3.8) is 0 Å². The zero-order chi connectivity index (χ0) is 52.1. The van der Waals surface area contributed by atoms with Gasteiger partial charge >= 0.3 is 10.4 Å². The minimum atomic E-state index is -5.13. The molecule has 0 aromatic heterocycles.